The molecule has 0 saturated carbocycles. The van der Waals surface area contributed by atoms with Gasteiger partial charge in [-0.2, -0.15) is 5.21 Å². The summed E-state index contributed by atoms with van der Waals surface area (Å²) >= 11 is 0. The molecule has 4 N–H and O–H groups in total. The number of nitrogens with one attached hydrogen (secondary N) is 2. The van der Waals surface area contributed by atoms with Gasteiger partial charge in [0.25, 0.3) is 5.91 Å². The van der Waals surface area contributed by atoms with Crippen molar-refractivity contribution in [2.24, 2.45) is 0 Å². The summed E-state index contributed by atoms with van der Waals surface area (Å²) in [6.07, 6.45) is 0. The standard InChI is InChI=1S/C11H13FN6O/c1-5-3-7(13)4-8(9(5)12)11(19)14-6(2)10-15-17-18-16-10/h3-4,6H,13H2,1-2H3,(H,14,19)(H,15,16,17,18). The lowest BCUT2D eigenvalue weighted by Gasteiger charge is -2.12. The molecule has 0 saturated heterocycles. The minimum atomic E-state index is -0.591. The van der Waals surface area contributed by atoms with Crippen LogP contribution in [0.2, 0.25) is 0 Å². The molecule has 0 aliphatic heterocycles. The summed E-state index contributed by atoms with van der Waals surface area (Å²) in [6, 6.07) is 2.27. The van der Waals surface area contributed by atoms with Crippen LogP contribution in [0.25, 0.3) is 0 Å². The lowest BCUT2D eigenvalue weighted by molar-refractivity contribution is 0.0934. The van der Waals surface area contributed by atoms with E-state index in [1.165, 1.54) is 12.1 Å². The highest BCUT2D eigenvalue weighted by Crippen LogP contribution is 2.18. The molecule has 1 aromatic heterocycles. The molecule has 8 heteroatoms. The zero-order valence-electron chi connectivity index (χ0n) is 10.4. The Balaban J connectivity index is 2.21. The van der Waals surface area contributed by atoms with Crippen molar-refractivity contribution in [2.75, 3.05) is 5.73 Å². The number of aromatic amines is 1. The van der Waals surface area contributed by atoms with Gasteiger partial charge in [-0.15, -0.1) is 10.2 Å². The topological polar surface area (TPSA) is 110 Å². The first-order valence-electron chi connectivity index (χ1n) is 5.59. The van der Waals surface area contributed by atoms with Crippen molar-refractivity contribution in [3.05, 3.63) is 34.9 Å². The maximum atomic E-state index is 13.9. The predicted octanol–water partition coefficient (Wildman–Crippen LogP) is 0.720. The highest BCUT2D eigenvalue weighted by atomic mass is 19.1. The minimum absolute atomic E-state index is 0.104. The normalized spacial score (nSPS) is 12.2. The van der Waals surface area contributed by atoms with Crippen molar-refractivity contribution in [3.63, 3.8) is 0 Å². The first-order chi connectivity index (χ1) is 8.99. The van der Waals surface area contributed by atoms with Gasteiger partial charge < -0.3 is 11.1 Å². The van der Waals surface area contributed by atoms with Gasteiger partial charge in [0.15, 0.2) is 5.82 Å². The number of aromatic nitrogens is 4. The number of amides is 1. The van der Waals surface area contributed by atoms with Crippen LogP contribution < -0.4 is 11.1 Å². The highest BCUT2D eigenvalue weighted by Gasteiger charge is 2.19. The number of carbonyl (C=O) groups is 1. The summed E-state index contributed by atoms with van der Waals surface area (Å²) in [7, 11) is 0. The third kappa shape index (κ3) is 2.67. The quantitative estimate of drug-likeness (QED) is 0.707. The fraction of sp³-hybridized carbons (Fsp3) is 0.273. The lowest BCUT2D eigenvalue weighted by Crippen LogP contribution is -2.28. The van der Waals surface area contributed by atoms with Crippen LogP contribution in [-0.2, 0) is 0 Å². The summed E-state index contributed by atoms with van der Waals surface area (Å²) in [5.41, 5.74) is 6.15. The maximum Gasteiger partial charge on any atom is 0.254 e. The molecule has 0 spiro atoms. The Kier molecular flexibility index (Phi) is 3.41. The third-order valence-corrected chi connectivity index (χ3v) is 2.62. The van der Waals surface area contributed by atoms with E-state index in [2.05, 4.69) is 25.9 Å². The van der Waals surface area contributed by atoms with E-state index in [9.17, 15) is 9.18 Å². The van der Waals surface area contributed by atoms with Crippen LogP contribution in [0.3, 0.4) is 0 Å². The van der Waals surface area contributed by atoms with Crippen LogP contribution in [0.15, 0.2) is 12.1 Å². The summed E-state index contributed by atoms with van der Waals surface area (Å²) in [5, 5.41) is 15.7. The number of nitrogen functional groups attached to an aromatic ring is 1. The highest BCUT2D eigenvalue weighted by molar-refractivity contribution is 5.95. The Morgan fingerprint density at radius 2 is 2.26 bits per heavy atom. The molecule has 0 radical (unpaired) electrons. The van der Waals surface area contributed by atoms with E-state index in [0.717, 1.165) is 0 Å². The van der Waals surface area contributed by atoms with Crippen molar-refractivity contribution in [1.29, 1.82) is 0 Å². The predicted molar refractivity (Wildman–Crippen MR) is 65.6 cm³/mol. The van der Waals surface area contributed by atoms with Gasteiger partial charge >= 0.3 is 0 Å². The largest absolute Gasteiger partial charge is 0.399 e. The van der Waals surface area contributed by atoms with E-state index < -0.39 is 17.8 Å². The number of tetrazole rings is 1. The second kappa shape index (κ2) is 5.01. The van der Waals surface area contributed by atoms with Crippen LogP contribution in [0.1, 0.15) is 34.7 Å². The summed E-state index contributed by atoms with van der Waals surface area (Å²) in [6.45, 7) is 3.21. The molecule has 0 aliphatic rings. The second-order valence-electron chi connectivity index (χ2n) is 4.16. The molecule has 1 heterocycles. The number of hydrogen-bond donors (Lipinski definition) is 3. The molecular weight excluding hydrogens is 251 g/mol. The van der Waals surface area contributed by atoms with Gasteiger partial charge in [0.2, 0.25) is 0 Å². The van der Waals surface area contributed by atoms with E-state index >= 15 is 0 Å². The Bertz CT molecular complexity index is 597. The number of nitrogens with two attached hydrogens (primary N) is 1. The van der Waals surface area contributed by atoms with Crippen LogP contribution in [0.5, 0.6) is 0 Å². The van der Waals surface area contributed by atoms with Gasteiger partial charge in [0, 0.05) is 5.69 Å². The van der Waals surface area contributed by atoms with Crippen LogP contribution in [0, 0.1) is 12.7 Å². The molecule has 0 bridgehead atoms. The molecule has 1 aromatic carbocycles. The van der Waals surface area contributed by atoms with Crippen LogP contribution in [-0.4, -0.2) is 26.5 Å². The minimum Gasteiger partial charge on any atom is -0.399 e. The van der Waals surface area contributed by atoms with E-state index in [1.54, 1.807) is 13.8 Å². The number of nitrogens with zero attached hydrogens (tertiary/aromatic N) is 3. The zero-order valence-corrected chi connectivity index (χ0v) is 10.4. The summed E-state index contributed by atoms with van der Waals surface area (Å²) < 4.78 is 13.9. The van der Waals surface area contributed by atoms with Crippen LogP contribution in [0.4, 0.5) is 10.1 Å². The molecule has 19 heavy (non-hydrogen) atoms. The molecule has 100 valence electrons. The van der Waals surface area contributed by atoms with Crippen molar-refractivity contribution >= 4 is 11.6 Å². The molecule has 1 unspecified atom stereocenters. The molecule has 2 aromatic rings. The first-order valence-corrected chi connectivity index (χ1v) is 5.59. The average molecular weight is 264 g/mol. The second-order valence-corrected chi connectivity index (χ2v) is 4.16. The molecule has 1 amide bonds. The molecule has 0 aliphatic carbocycles. The van der Waals surface area contributed by atoms with Gasteiger partial charge in [-0.05, 0) is 31.5 Å². The van der Waals surface area contributed by atoms with Crippen molar-refractivity contribution < 1.29 is 9.18 Å². The number of carbonyl (C=O) groups excluding carboxylic acids is 1. The monoisotopic (exact) mass is 264 g/mol. The molecule has 1 atom stereocenters. The Hall–Kier alpha value is -2.51. The molecular formula is C11H13FN6O. The molecule has 0 fully saturated rings. The number of hydrogen-bond acceptors (Lipinski definition) is 5. The smallest absolute Gasteiger partial charge is 0.254 e. The van der Waals surface area contributed by atoms with E-state index in [1.807, 2.05) is 0 Å². The zero-order chi connectivity index (χ0) is 14.0. The van der Waals surface area contributed by atoms with Crippen LogP contribution >= 0.6 is 0 Å². The average Bonchev–Trinajstić information content (AvgIpc) is 2.87. The van der Waals surface area contributed by atoms with E-state index in [0.29, 0.717) is 17.1 Å². The Labute approximate surface area is 108 Å². The number of anilines is 1. The van der Waals surface area contributed by atoms with Gasteiger partial charge in [-0.1, -0.05) is 5.21 Å². The molecule has 2 rings (SSSR count). The van der Waals surface area contributed by atoms with Gasteiger partial charge in [-0.3, -0.25) is 4.79 Å². The van der Waals surface area contributed by atoms with Crippen molar-refractivity contribution in [1.82, 2.24) is 25.9 Å². The van der Waals surface area contributed by atoms with Crippen molar-refractivity contribution in [2.45, 2.75) is 19.9 Å². The SMILES string of the molecule is Cc1cc(N)cc(C(=O)NC(C)c2nn[nH]n2)c1F. The summed E-state index contributed by atoms with van der Waals surface area (Å²) in [4.78, 5) is 12.0. The number of H-pyrrole nitrogens is 1. The number of halogens is 1. The first kappa shape index (κ1) is 12.9. The van der Waals surface area contributed by atoms with E-state index in [4.69, 9.17) is 5.73 Å². The third-order valence-electron chi connectivity index (χ3n) is 2.62. The lowest BCUT2D eigenvalue weighted by atomic mass is 10.1. The van der Waals surface area contributed by atoms with Gasteiger partial charge in [0.05, 0.1) is 11.6 Å². The Morgan fingerprint density at radius 1 is 1.53 bits per heavy atom. The molecule has 7 nitrogen and oxygen atoms in total. The fourth-order valence-corrected chi connectivity index (χ4v) is 1.65. The Morgan fingerprint density at radius 3 is 2.89 bits per heavy atom. The van der Waals surface area contributed by atoms with Gasteiger partial charge in [0.1, 0.15) is 5.82 Å². The van der Waals surface area contributed by atoms with E-state index in [-0.39, 0.29) is 5.56 Å². The number of benzene rings is 1. The summed E-state index contributed by atoms with van der Waals surface area (Å²) in [5.74, 6) is -0.855. The fourth-order valence-electron chi connectivity index (χ4n) is 1.65. The van der Waals surface area contributed by atoms with Gasteiger partial charge in [-0.25, -0.2) is 4.39 Å². The number of aryl methyl sites for hydroxylation is 1. The van der Waals surface area contributed by atoms with Crippen molar-refractivity contribution in [3.8, 4) is 0 Å². The number of rotatable bonds is 3. The maximum absolute atomic E-state index is 13.9.